The van der Waals surface area contributed by atoms with Crippen LogP contribution in [0.3, 0.4) is 0 Å². The summed E-state index contributed by atoms with van der Waals surface area (Å²) in [5, 5.41) is 0.779. The molecule has 0 fully saturated rings. The number of fused-ring (bicyclic) bond motifs is 2. The van der Waals surface area contributed by atoms with Gasteiger partial charge in [-0.25, -0.2) is 29.9 Å². The number of imidazole rings is 2. The van der Waals surface area contributed by atoms with Crippen LogP contribution in [0.25, 0.3) is 22.3 Å². The maximum Gasteiger partial charge on any atom is 0.182 e. The molecule has 39 heavy (non-hydrogen) atoms. The molecule has 1 N–H and O–H groups in total. The van der Waals surface area contributed by atoms with Crippen molar-refractivity contribution in [2.75, 3.05) is 14.2 Å². The Bertz CT molecular complexity index is 1600. The first-order chi connectivity index (χ1) is 19.0. The van der Waals surface area contributed by atoms with Crippen LogP contribution in [0, 0.1) is 0 Å². The van der Waals surface area contributed by atoms with E-state index in [2.05, 4.69) is 34.9 Å². The second-order valence-corrected chi connectivity index (χ2v) is 8.79. The number of rotatable bonds is 5. The summed E-state index contributed by atoms with van der Waals surface area (Å²) in [5.74, 6) is 2.27. The number of halogens is 3. The lowest BCUT2D eigenvalue weighted by Gasteiger charge is -2.05. The molecular weight excluding hydrogens is 563 g/mol. The maximum atomic E-state index is 5.97. The number of nitrogens with one attached hydrogen (secondary N) is 1. The summed E-state index contributed by atoms with van der Waals surface area (Å²) < 4.78 is 12.0. The van der Waals surface area contributed by atoms with Gasteiger partial charge >= 0.3 is 0 Å². The fourth-order valence-corrected chi connectivity index (χ4v) is 3.88. The van der Waals surface area contributed by atoms with Crippen molar-refractivity contribution in [3.63, 3.8) is 0 Å². The molecule has 10 nitrogen and oxygen atoms in total. The van der Waals surface area contributed by atoms with E-state index in [1.807, 2.05) is 53.1 Å². The van der Waals surface area contributed by atoms with E-state index in [0.717, 1.165) is 28.3 Å². The highest BCUT2D eigenvalue weighted by atomic mass is 35.5. The van der Waals surface area contributed by atoms with Crippen molar-refractivity contribution in [1.82, 2.24) is 39.5 Å². The van der Waals surface area contributed by atoms with Gasteiger partial charge in [0.05, 0.1) is 33.4 Å². The monoisotopic (exact) mass is 584 g/mol. The highest BCUT2D eigenvalue weighted by Crippen LogP contribution is 2.19. The third-order valence-electron chi connectivity index (χ3n) is 5.36. The zero-order chi connectivity index (χ0) is 27.6. The molecule has 200 valence electrons. The molecule has 0 aliphatic heterocycles. The van der Waals surface area contributed by atoms with Crippen molar-refractivity contribution in [2.45, 2.75) is 12.4 Å². The highest BCUT2D eigenvalue weighted by molar-refractivity contribution is 6.33. The Labute approximate surface area is 239 Å². The lowest BCUT2D eigenvalue weighted by Crippen LogP contribution is -1.99. The minimum Gasteiger partial charge on any atom is -0.497 e. The molecule has 4 aromatic heterocycles. The van der Waals surface area contributed by atoms with Gasteiger partial charge in [0.15, 0.2) is 21.6 Å². The second-order valence-electron chi connectivity index (χ2n) is 7.80. The molecule has 4 heterocycles. The number of aromatic amines is 1. The fourth-order valence-electron chi connectivity index (χ4n) is 3.35. The minimum absolute atomic E-state index is 0.374. The van der Waals surface area contributed by atoms with Crippen LogP contribution in [0.15, 0.2) is 73.8 Å². The molecular formula is C26H23Cl3N8O2. The number of aromatic nitrogens is 8. The lowest BCUT2D eigenvalue weighted by atomic mass is 10.2. The molecule has 0 radical (unpaired) electrons. The van der Waals surface area contributed by atoms with E-state index in [-0.39, 0.29) is 0 Å². The van der Waals surface area contributed by atoms with Gasteiger partial charge in [0.1, 0.15) is 35.2 Å². The number of hydrogen-bond acceptors (Lipinski definition) is 8. The topological polar surface area (TPSA) is 117 Å². The third kappa shape index (κ3) is 7.32. The standard InChI is InChI=1S/C13H11ClN4O.C8H9ClO.C5H3ClN4/c1-19-10-4-2-9(3-5-10)6-18-8-17-11-12(14)15-7-16-13(11)18;1-10-8-4-2-7(6-9)3-5-8;6-4-3-5(9-1-7-3)10-2-8-4/h2-5,7-8H,6H2,1H3;2-5H,6H2,1H3;1-2H,(H,7,8,9,10). The van der Waals surface area contributed by atoms with Gasteiger partial charge in [0.2, 0.25) is 0 Å². The SMILES string of the molecule is COc1ccc(CCl)cc1.COc1ccc(Cn2cnc3c(Cl)ncnc32)cc1.Clc1ncnc2nc[nH]c12. The van der Waals surface area contributed by atoms with E-state index >= 15 is 0 Å². The van der Waals surface area contributed by atoms with Crippen molar-refractivity contribution in [3.05, 3.63) is 95.3 Å². The smallest absolute Gasteiger partial charge is 0.182 e. The minimum atomic E-state index is 0.374. The molecule has 0 atom stereocenters. The average molecular weight is 586 g/mol. The Morgan fingerprint density at radius 3 is 1.97 bits per heavy atom. The quantitative estimate of drug-likeness (QED) is 0.194. The molecule has 0 bridgehead atoms. The van der Waals surface area contributed by atoms with E-state index in [9.17, 15) is 0 Å². The molecule has 13 heteroatoms. The van der Waals surface area contributed by atoms with Gasteiger partial charge in [-0.2, -0.15) is 0 Å². The zero-order valence-electron chi connectivity index (χ0n) is 20.9. The molecule has 2 aromatic carbocycles. The summed E-state index contributed by atoms with van der Waals surface area (Å²) in [5.41, 5.74) is 4.88. The Morgan fingerprint density at radius 2 is 1.36 bits per heavy atom. The predicted octanol–water partition coefficient (Wildman–Crippen LogP) is 5.98. The predicted molar refractivity (Wildman–Crippen MR) is 152 cm³/mol. The van der Waals surface area contributed by atoms with E-state index in [1.54, 1.807) is 20.5 Å². The van der Waals surface area contributed by atoms with Gasteiger partial charge in [-0.3, -0.25) is 0 Å². The molecule has 0 aliphatic carbocycles. The maximum absolute atomic E-state index is 5.97. The number of benzene rings is 2. The van der Waals surface area contributed by atoms with Crippen LogP contribution >= 0.6 is 34.8 Å². The van der Waals surface area contributed by atoms with E-state index in [4.69, 9.17) is 44.3 Å². The normalized spacial score (nSPS) is 10.4. The van der Waals surface area contributed by atoms with Crippen LogP contribution in [0.4, 0.5) is 0 Å². The molecule has 6 aromatic rings. The third-order valence-corrected chi connectivity index (χ3v) is 6.23. The van der Waals surface area contributed by atoms with Gasteiger partial charge in [0, 0.05) is 5.88 Å². The van der Waals surface area contributed by atoms with Crippen molar-refractivity contribution < 1.29 is 9.47 Å². The Hall–Kier alpha value is -3.99. The summed E-state index contributed by atoms with van der Waals surface area (Å²) in [6, 6.07) is 15.6. The Kier molecular flexibility index (Phi) is 9.85. The number of hydrogen-bond donors (Lipinski definition) is 1. The molecule has 0 saturated carbocycles. The molecule has 0 unspecified atom stereocenters. The summed E-state index contributed by atoms with van der Waals surface area (Å²) in [4.78, 5) is 26.7. The number of nitrogens with zero attached hydrogens (tertiary/aromatic N) is 7. The number of methoxy groups -OCH3 is 2. The second kappa shape index (κ2) is 13.7. The van der Waals surface area contributed by atoms with Crippen molar-refractivity contribution >= 4 is 57.1 Å². The summed E-state index contributed by atoms with van der Waals surface area (Å²) in [7, 11) is 3.30. The average Bonchev–Trinajstić information content (AvgIpc) is 3.63. The first-order valence-corrected chi connectivity index (χ1v) is 12.7. The molecule has 0 spiro atoms. The lowest BCUT2D eigenvalue weighted by molar-refractivity contribution is 0.414. The fraction of sp³-hybridized carbons (Fsp3) is 0.154. The van der Waals surface area contributed by atoms with Gasteiger partial charge in [-0.15, -0.1) is 11.6 Å². The Balaban J connectivity index is 0.000000149. The van der Waals surface area contributed by atoms with Crippen molar-refractivity contribution in [1.29, 1.82) is 0 Å². The first kappa shape index (κ1) is 28.0. The summed E-state index contributed by atoms with van der Waals surface area (Å²) in [6.07, 6.45) is 6.07. The van der Waals surface area contributed by atoms with E-state index < -0.39 is 0 Å². The molecule has 6 rings (SSSR count). The molecule has 0 aliphatic rings. The number of H-pyrrole nitrogens is 1. The van der Waals surface area contributed by atoms with Crippen LogP contribution in [0.1, 0.15) is 11.1 Å². The van der Waals surface area contributed by atoms with Crippen LogP contribution in [-0.2, 0) is 12.4 Å². The van der Waals surface area contributed by atoms with Crippen LogP contribution in [-0.4, -0.2) is 53.7 Å². The van der Waals surface area contributed by atoms with Crippen LogP contribution in [0.5, 0.6) is 11.5 Å². The van der Waals surface area contributed by atoms with Crippen LogP contribution in [0.2, 0.25) is 10.3 Å². The zero-order valence-corrected chi connectivity index (χ0v) is 23.2. The largest absolute Gasteiger partial charge is 0.497 e. The van der Waals surface area contributed by atoms with Gasteiger partial charge < -0.3 is 19.0 Å². The molecule has 0 saturated heterocycles. The van der Waals surface area contributed by atoms with Crippen molar-refractivity contribution in [2.24, 2.45) is 0 Å². The molecule has 0 amide bonds. The Morgan fingerprint density at radius 1 is 0.744 bits per heavy atom. The van der Waals surface area contributed by atoms with E-state index in [0.29, 0.717) is 39.4 Å². The number of ether oxygens (including phenoxy) is 2. The highest BCUT2D eigenvalue weighted by Gasteiger charge is 2.08. The summed E-state index contributed by atoms with van der Waals surface area (Å²) >= 11 is 17.2. The number of alkyl halides is 1. The summed E-state index contributed by atoms with van der Waals surface area (Å²) in [6.45, 7) is 0.674. The van der Waals surface area contributed by atoms with Crippen molar-refractivity contribution in [3.8, 4) is 11.5 Å². The van der Waals surface area contributed by atoms with Crippen LogP contribution < -0.4 is 9.47 Å². The first-order valence-electron chi connectivity index (χ1n) is 11.4. The van der Waals surface area contributed by atoms with E-state index in [1.165, 1.54) is 19.0 Å². The van der Waals surface area contributed by atoms with Gasteiger partial charge in [-0.1, -0.05) is 47.5 Å². The van der Waals surface area contributed by atoms with Gasteiger partial charge in [0.25, 0.3) is 0 Å². The van der Waals surface area contributed by atoms with Gasteiger partial charge in [-0.05, 0) is 35.4 Å².